The van der Waals surface area contributed by atoms with E-state index in [-0.39, 0.29) is 12.0 Å². The minimum Gasteiger partial charge on any atom is -0.338 e. The molecule has 0 N–H and O–H groups in total. The van der Waals surface area contributed by atoms with E-state index in [1.807, 2.05) is 18.2 Å². The number of para-hydroxylation sites is 1. The number of hydrogen-bond donors (Lipinski definition) is 0. The van der Waals surface area contributed by atoms with Crippen LogP contribution in [0.3, 0.4) is 0 Å². The fourth-order valence-electron chi connectivity index (χ4n) is 5.62. The smallest absolute Gasteiger partial charge is 0.226 e. The molecule has 174 valence electrons. The molecule has 1 aliphatic heterocycles. The Balaban J connectivity index is 1.42. The number of rotatable bonds is 3. The van der Waals surface area contributed by atoms with Gasteiger partial charge in [0, 0.05) is 42.5 Å². The first-order valence-corrected chi connectivity index (χ1v) is 12.4. The monoisotopic (exact) mass is 454 g/mol. The molecule has 1 saturated carbocycles. The maximum atomic E-state index is 13.1. The van der Waals surface area contributed by atoms with Crippen LogP contribution in [0.2, 0.25) is 0 Å². The van der Waals surface area contributed by atoms with Crippen LogP contribution < -0.4 is 4.90 Å². The number of piperazine rings is 1. The number of nitrogens with zero attached hydrogens (tertiary/aromatic N) is 6. The van der Waals surface area contributed by atoms with Crippen molar-refractivity contribution >= 4 is 28.4 Å². The Hall–Kier alpha value is -3.48. The molecule has 0 radical (unpaired) electrons. The summed E-state index contributed by atoms with van der Waals surface area (Å²) in [6.07, 6.45) is 4.44. The summed E-state index contributed by atoms with van der Waals surface area (Å²) >= 11 is 0. The molecule has 7 heteroatoms. The van der Waals surface area contributed by atoms with Crippen LogP contribution in [0.25, 0.3) is 27.9 Å². The highest BCUT2D eigenvalue weighted by atomic mass is 16.2. The van der Waals surface area contributed by atoms with E-state index in [1.54, 1.807) is 0 Å². The second-order valence-corrected chi connectivity index (χ2v) is 9.79. The van der Waals surface area contributed by atoms with Crippen LogP contribution in [0.4, 0.5) is 5.95 Å². The van der Waals surface area contributed by atoms with Crippen molar-refractivity contribution in [3.05, 3.63) is 54.1 Å². The second-order valence-electron chi connectivity index (χ2n) is 9.79. The number of aryl methyl sites for hydroxylation is 1. The van der Waals surface area contributed by atoms with Crippen LogP contribution >= 0.6 is 0 Å². The van der Waals surface area contributed by atoms with Gasteiger partial charge in [0.2, 0.25) is 11.9 Å². The fourth-order valence-corrected chi connectivity index (χ4v) is 5.62. The Morgan fingerprint density at radius 1 is 1.00 bits per heavy atom. The zero-order chi connectivity index (χ0) is 23.2. The Morgan fingerprint density at radius 3 is 2.62 bits per heavy atom. The highest BCUT2D eigenvalue weighted by Crippen LogP contribution is 2.31. The molecule has 1 atom stereocenters. The number of fused-ring (bicyclic) bond motifs is 3. The lowest BCUT2D eigenvalue weighted by Gasteiger charge is -2.41. The number of carbonyl (C=O) groups excluding carboxylic acids is 1. The van der Waals surface area contributed by atoms with Gasteiger partial charge in [-0.1, -0.05) is 48.7 Å². The van der Waals surface area contributed by atoms with Crippen LogP contribution in [0.1, 0.15) is 38.2 Å². The molecule has 2 aromatic carbocycles. The first-order valence-electron chi connectivity index (χ1n) is 12.4. The SMILES string of the molecule is Cc1cccc(-c2nnc3c4ccccc4nc(N4CCN(C(=O)C5CCCC5)[C@H](C)C4)n23)c1. The molecule has 6 rings (SSSR count). The Kier molecular flexibility index (Phi) is 5.20. The minimum atomic E-state index is 0.129. The van der Waals surface area contributed by atoms with Crippen molar-refractivity contribution in [3.8, 4) is 11.4 Å². The maximum absolute atomic E-state index is 13.1. The maximum Gasteiger partial charge on any atom is 0.226 e. The molecule has 0 spiro atoms. The van der Waals surface area contributed by atoms with Gasteiger partial charge in [-0.2, -0.15) is 0 Å². The molecule has 2 fully saturated rings. The van der Waals surface area contributed by atoms with Crippen molar-refractivity contribution in [2.75, 3.05) is 24.5 Å². The van der Waals surface area contributed by atoms with Gasteiger partial charge in [-0.05, 0) is 44.9 Å². The molecule has 34 heavy (non-hydrogen) atoms. The van der Waals surface area contributed by atoms with Crippen molar-refractivity contribution in [1.82, 2.24) is 24.5 Å². The molecule has 7 nitrogen and oxygen atoms in total. The van der Waals surface area contributed by atoms with Gasteiger partial charge in [-0.3, -0.25) is 4.79 Å². The topological polar surface area (TPSA) is 66.6 Å². The van der Waals surface area contributed by atoms with E-state index in [0.717, 1.165) is 59.8 Å². The van der Waals surface area contributed by atoms with E-state index >= 15 is 0 Å². The number of aromatic nitrogens is 4. The number of amides is 1. The summed E-state index contributed by atoms with van der Waals surface area (Å²) in [7, 11) is 0. The molecule has 4 aromatic rings. The van der Waals surface area contributed by atoms with Crippen molar-refractivity contribution in [3.63, 3.8) is 0 Å². The van der Waals surface area contributed by atoms with E-state index < -0.39 is 0 Å². The van der Waals surface area contributed by atoms with E-state index in [0.29, 0.717) is 12.5 Å². The summed E-state index contributed by atoms with van der Waals surface area (Å²) < 4.78 is 2.10. The summed E-state index contributed by atoms with van der Waals surface area (Å²) in [5.41, 5.74) is 3.92. The van der Waals surface area contributed by atoms with Gasteiger partial charge in [0.05, 0.1) is 5.52 Å². The predicted molar refractivity (Wildman–Crippen MR) is 134 cm³/mol. The van der Waals surface area contributed by atoms with Gasteiger partial charge < -0.3 is 9.80 Å². The fraction of sp³-hybridized carbons (Fsp3) is 0.407. The zero-order valence-electron chi connectivity index (χ0n) is 19.8. The molecule has 1 aliphatic carbocycles. The molecular weight excluding hydrogens is 424 g/mol. The average molecular weight is 455 g/mol. The van der Waals surface area contributed by atoms with E-state index in [9.17, 15) is 4.79 Å². The molecule has 0 bridgehead atoms. The molecule has 0 unspecified atom stereocenters. The molecule has 1 amide bonds. The first-order chi connectivity index (χ1) is 16.6. The largest absolute Gasteiger partial charge is 0.338 e. The molecule has 3 heterocycles. The van der Waals surface area contributed by atoms with Gasteiger partial charge in [0.25, 0.3) is 0 Å². The normalized spacial score (nSPS) is 19.4. The molecule has 2 aliphatic rings. The van der Waals surface area contributed by atoms with Crippen LogP contribution in [0.5, 0.6) is 0 Å². The predicted octanol–water partition coefficient (Wildman–Crippen LogP) is 4.48. The van der Waals surface area contributed by atoms with Crippen LogP contribution in [-0.2, 0) is 4.79 Å². The number of anilines is 1. The van der Waals surface area contributed by atoms with Crippen molar-refractivity contribution in [1.29, 1.82) is 0 Å². The first kappa shape index (κ1) is 21.1. The summed E-state index contributed by atoms with van der Waals surface area (Å²) in [5.74, 6) is 2.19. The standard InChI is InChI=1S/C27H30N6O/c1-18-8-7-11-21(16-18)24-29-30-25-22-12-5-6-13-23(22)28-27(33(24)25)31-14-15-32(19(2)17-31)26(34)20-9-3-4-10-20/h5-8,11-13,16,19-20H,3-4,9-10,14-15,17H2,1-2H3/t19-/m1/s1. The van der Waals surface area contributed by atoms with Crippen molar-refractivity contribution in [2.45, 2.75) is 45.6 Å². The Morgan fingerprint density at radius 2 is 1.82 bits per heavy atom. The highest BCUT2D eigenvalue weighted by Gasteiger charge is 2.34. The molecular formula is C27H30N6O. The minimum absolute atomic E-state index is 0.129. The highest BCUT2D eigenvalue weighted by molar-refractivity contribution is 5.93. The summed E-state index contributed by atoms with van der Waals surface area (Å²) in [6.45, 7) is 6.45. The Bertz CT molecular complexity index is 1370. The van der Waals surface area contributed by atoms with Crippen molar-refractivity contribution in [2.24, 2.45) is 5.92 Å². The second kappa shape index (κ2) is 8.38. The summed E-state index contributed by atoms with van der Waals surface area (Å²) in [5, 5.41) is 10.2. The van der Waals surface area contributed by atoms with Crippen LogP contribution in [0, 0.1) is 12.8 Å². The zero-order valence-corrected chi connectivity index (χ0v) is 19.8. The van der Waals surface area contributed by atoms with Gasteiger partial charge in [-0.15, -0.1) is 10.2 Å². The van der Waals surface area contributed by atoms with Gasteiger partial charge in [-0.25, -0.2) is 9.38 Å². The number of carbonyl (C=O) groups is 1. The number of benzene rings is 2. The van der Waals surface area contributed by atoms with Crippen LogP contribution in [0.15, 0.2) is 48.5 Å². The van der Waals surface area contributed by atoms with E-state index in [1.165, 1.54) is 18.4 Å². The third-order valence-electron chi connectivity index (χ3n) is 7.40. The average Bonchev–Trinajstić information content (AvgIpc) is 3.54. The third-order valence-corrected chi connectivity index (χ3v) is 7.40. The van der Waals surface area contributed by atoms with Crippen molar-refractivity contribution < 1.29 is 4.79 Å². The quantitative estimate of drug-likeness (QED) is 0.457. The summed E-state index contributed by atoms with van der Waals surface area (Å²) in [6, 6.07) is 16.6. The van der Waals surface area contributed by atoms with Gasteiger partial charge in [0.1, 0.15) is 0 Å². The number of hydrogen-bond acceptors (Lipinski definition) is 5. The molecule has 1 saturated heterocycles. The van der Waals surface area contributed by atoms with Gasteiger partial charge >= 0.3 is 0 Å². The lowest BCUT2D eigenvalue weighted by molar-refractivity contribution is -0.137. The Labute approximate surface area is 199 Å². The third kappa shape index (κ3) is 3.50. The van der Waals surface area contributed by atoms with Gasteiger partial charge in [0.15, 0.2) is 11.5 Å². The molecule has 2 aromatic heterocycles. The van der Waals surface area contributed by atoms with E-state index in [2.05, 4.69) is 68.6 Å². The summed E-state index contributed by atoms with van der Waals surface area (Å²) in [4.78, 5) is 22.6. The van der Waals surface area contributed by atoms with Crippen LogP contribution in [-0.4, -0.2) is 56.1 Å². The lowest BCUT2D eigenvalue weighted by atomic mass is 10.0. The lowest BCUT2D eigenvalue weighted by Crippen LogP contribution is -2.55. The van der Waals surface area contributed by atoms with E-state index in [4.69, 9.17) is 4.98 Å².